The molecule has 1 aliphatic carbocycles. The van der Waals surface area contributed by atoms with E-state index >= 15 is 0 Å². The highest BCUT2D eigenvalue weighted by molar-refractivity contribution is 5.66. The molecule has 1 saturated carbocycles. The van der Waals surface area contributed by atoms with Crippen LogP contribution in [0.25, 0.3) is 0 Å². The molecule has 1 saturated heterocycles. The number of carboxylic acids is 1. The first-order valence-electron chi connectivity index (χ1n) is 8.85. The lowest BCUT2D eigenvalue weighted by Crippen LogP contribution is -2.50. The fourth-order valence-electron chi connectivity index (χ4n) is 3.97. The van der Waals surface area contributed by atoms with Crippen LogP contribution in [-0.4, -0.2) is 48.2 Å². The Hall–Kier alpha value is -0.610. The van der Waals surface area contributed by atoms with Crippen molar-refractivity contribution in [1.29, 1.82) is 0 Å². The van der Waals surface area contributed by atoms with Gasteiger partial charge in [-0.05, 0) is 50.6 Å². The molecule has 4 nitrogen and oxygen atoms in total. The highest BCUT2D eigenvalue weighted by Gasteiger charge is 2.27. The van der Waals surface area contributed by atoms with Gasteiger partial charge in [-0.1, -0.05) is 26.2 Å². The maximum absolute atomic E-state index is 10.8. The van der Waals surface area contributed by atoms with Gasteiger partial charge in [-0.2, -0.15) is 0 Å². The van der Waals surface area contributed by atoms with Crippen LogP contribution < -0.4 is 5.32 Å². The minimum atomic E-state index is -0.657. The number of carbonyl (C=O) groups is 1. The van der Waals surface area contributed by atoms with E-state index in [2.05, 4.69) is 17.1 Å². The zero-order valence-electron chi connectivity index (χ0n) is 13.5. The van der Waals surface area contributed by atoms with Gasteiger partial charge in [-0.3, -0.25) is 4.79 Å². The van der Waals surface area contributed by atoms with Crippen molar-refractivity contribution >= 4 is 5.97 Å². The quantitative estimate of drug-likeness (QED) is 0.758. The van der Waals surface area contributed by atoms with Crippen LogP contribution >= 0.6 is 0 Å². The Labute approximate surface area is 129 Å². The average Bonchev–Trinajstić information content (AvgIpc) is 2.51. The summed E-state index contributed by atoms with van der Waals surface area (Å²) in [6.45, 7) is 6.65. The van der Waals surface area contributed by atoms with E-state index in [4.69, 9.17) is 5.11 Å². The lowest BCUT2D eigenvalue weighted by Gasteiger charge is -2.38. The number of nitrogens with zero attached hydrogens (tertiary/aromatic N) is 1. The van der Waals surface area contributed by atoms with Crippen molar-refractivity contribution in [3.05, 3.63) is 0 Å². The predicted molar refractivity (Wildman–Crippen MR) is 85.5 cm³/mol. The molecule has 2 atom stereocenters. The average molecular weight is 296 g/mol. The summed E-state index contributed by atoms with van der Waals surface area (Å²) in [5, 5.41) is 12.7. The standard InChI is InChI=1S/C17H32N2O2/c1-2-19-12-15(8-9-17(20)21)10-16(13-19)18-11-14-6-4-3-5-7-14/h14-16,18H,2-13H2,1H3,(H,20,21). The molecule has 0 spiro atoms. The zero-order valence-corrected chi connectivity index (χ0v) is 13.5. The van der Waals surface area contributed by atoms with Gasteiger partial charge in [0.1, 0.15) is 0 Å². The molecular formula is C17H32N2O2. The summed E-state index contributed by atoms with van der Waals surface area (Å²) in [6, 6.07) is 0.555. The van der Waals surface area contributed by atoms with E-state index in [9.17, 15) is 4.79 Å². The molecule has 2 aliphatic rings. The Bertz CT molecular complexity index is 316. The van der Waals surface area contributed by atoms with Gasteiger partial charge in [-0.15, -0.1) is 0 Å². The summed E-state index contributed by atoms with van der Waals surface area (Å²) in [5.41, 5.74) is 0. The normalized spacial score (nSPS) is 28.6. The molecule has 0 aromatic carbocycles. The Morgan fingerprint density at radius 1 is 1.19 bits per heavy atom. The van der Waals surface area contributed by atoms with Crippen LogP contribution in [0.2, 0.25) is 0 Å². The lowest BCUT2D eigenvalue weighted by atomic mass is 9.87. The van der Waals surface area contributed by atoms with Crippen LogP contribution in [0.3, 0.4) is 0 Å². The first-order chi connectivity index (χ1) is 10.2. The molecule has 1 aliphatic heterocycles. The Morgan fingerprint density at radius 3 is 2.62 bits per heavy atom. The molecule has 0 aromatic rings. The number of carboxylic acid groups (broad SMARTS) is 1. The van der Waals surface area contributed by atoms with Gasteiger partial charge in [0.15, 0.2) is 0 Å². The van der Waals surface area contributed by atoms with Crippen molar-refractivity contribution in [2.45, 2.75) is 64.3 Å². The second-order valence-corrected chi connectivity index (χ2v) is 7.00. The highest BCUT2D eigenvalue weighted by atomic mass is 16.4. The number of likely N-dealkylation sites (N-methyl/N-ethyl adjacent to an activating group) is 1. The van der Waals surface area contributed by atoms with Crippen molar-refractivity contribution in [3.63, 3.8) is 0 Å². The largest absolute Gasteiger partial charge is 0.481 e. The number of aliphatic carboxylic acids is 1. The van der Waals surface area contributed by atoms with Crippen molar-refractivity contribution in [3.8, 4) is 0 Å². The van der Waals surface area contributed by atoms with E-state index in [1.165, 1.54) is 32.1 Å². The second-order valence-electron chi connectivity index (χ2n) is 7.00. The van der Waals surface area contributed by atoms with Crippen molar-refractivity contribution < 1.29 is 9.90 Å². The fraction of sp³-hybridized carbons (Fsp3) is 0.941. The Kier molecular flexibility index (Phi) is 6.97. The third-order valence-electron chi connectivity index (χ3n) is 5.25. The Balaban J connectivity index is 1.75. The third kappa shape index (κ3) is 5.95. The Morgan fingerprint density at radius 2 is 1.95 bits per heavy atom. The molecule has 2 unspecified atom stereocenters. The smallest absolute Gasteiger partial charge is 0.303 e. The van der Waals surface area contributed by atoms with Gasteiger partial charge in [0.2, 0.25) is 0 Å². The SMILES string of the molecule is CCN1CC(CCC(=O)O)CC(NCC2CCCCC2)C1. The van der Waals surface area contributed by atoms with Gasteiger partial charge < -0.3 is 15.3 Å². The van der Waals surface area contributed by atoms with Gasteiger partial charge in [0.25, 0.3) is 0 Å². The minimum absolute atomic E-state index is 0.317. The van der Waals surface area contributed by atoms with Gasteiger partial charge in [0.05, 0.1) is 0 Å². The van der Waals surface area contributed by atoms with Crippen LogP contribution in [0.5, 0.6) is 0 Å². The molecule has 0 amide bonds. The van der Waals surface area contributed by atoms with Crippen molar-refractivity contribution in [1.82, 2.24) is 10.2 Å². The summed E-state index contributed by atoms with van der Waals surface area (Å²) in [5.74, 6) is 0.752. The van der Waals surface area contributed by atoms with E-state index in [0.29, 0.717) is 18.4 Å². The molecule has 2 fully saturated rings. The van der Waals surface area contributed by atoms with E-state index in [-0.39, 0.29) is 0 Å². The molecule has 0 radical (unpaired) electrons. The van der Waals surface area contributed by atoms with Crippen LogP contribution in [-0.2, 0) is 4.79 Å². The van der Waals surface area contributed by atoms with Gasteiger partial charge in [0, 0.05) is 25.6 Å². The summed E-state index contributed by atoms with van der Waals surface area (Å²) in [7, 11) is 0. The molecular weight excluding hydrogens is 264 g/mol. The molecule has 2 rings (SSSR count). The fourth-order valence-corrected chi connectivity index (χ4v) is 3.97. The second kappa shape index (κ2) is 8.74. The molecule has 4 heteroatoms. The van der Waals surface area contributed by atoms with Gasteiger partial charge >= 0.3 is 5.97 Å². The van der Waals surface area contributed by atoms with Crippen LogP contribution in [0.1, 0.15) is 58.3 Å². The zero-order chi connectivity index (χ0) is 15.1. The summed E-state index contributed by atoms with van der Waals surface area (Å²) in [6.07, 6.45) is 9.29. The van der Waals surface area contributed by atoms with E-state index in [1.807, 2.05) is 0 Å². The first kappa shape index (κ1) is 16.8. The predicted octanol–water partition coefficient (Wildman–Crippen LogP) is 2.73. The summed E-state index contributed by atoms with van der Waals surface area (Å²) in [4.78, 5) is 13.3. The van der Waals surface area contributed by atoms with Crippen LogP contribution in [0, 0.1) is 11.8 Å². The number of piperidine rings is 1. The number of likely N-dealkylation sites (tertiary alicyclic amines) is 1. The first-order valence-corrected chi connectivity index (χ1v) is 8.85. The van der Waals surface area contributed by atoms with Gasteiger partial charge in [-0.25, -0.2) is 0 Å². The van der Waals surface area contributed by atoms with E-state index in [1.54, 1.807) is 0 Å². The number of hydrogen-bond donors (Lipinski definition) is 2. The summed E-state index contributed by atoms with van der Waals surface area (Å²) < 4.78 is 0. The van der Waals surface area contributed by atoms with Crippen LogP contribution in [0.15, 0.2) is 0 Å². The maximum atomic E-state index is 10.8. The molecule has 0 bridgehead atoms. The number of rotatable bonds is 7. The topological polar surface area (TPSA) is 52.6 Å². The minimum Gasteiger partial charge on any atom is -0.481 e. The lowest BCUT2D eigenvalue weighted by molar-refractivity contribution is -0.137. The molecule has 2 N–H and O–H groups in total. The van der Waals surface area contributed by atoms with E-state index in [0.717, 1.165) is 44.9 Å². The molecule has 0 aromatic heterocycles. The molecule has 1 heterocycles. The molecule has 21 heavy (non-hydrogen) atoms. The maximum Gasteiger partial charge on any atom is 0.303 e. The number of hydrogen-bond acceptors (Lipinski definition) is 3. The molecule has 122 valence electrons. The highest BCUT2D eigenvalue weighted by Crippen LogP contribution is 2.25. The van der Waals surface area contributed by atoms with Crippen molar-refractivity contribution in [2.75, 3.05) is 26.2 Å². The third-order valence-corrected chi connectivity index (χ3v) is 5.25. The van der Waals surface area contributed by atoms with Crippen molar-refractivity contribution in [2.24, 2.45) is 11.8 Å². The van der Waals surface area contributed by atoms with Crippen LogP contribution in [0.4, 0.5) is 0 Å². The monoisotopic (exact) mass is 296 g/mol. The summed E-state index contributed by atoms with van der Waals surface area (Å²) >= 11 is 0. The number of nitrogens with one attached hydrogen (secondary N) is 1. The van der Waals surface area contributed by atoms with E-state index < -0.39 is 5.97 Å².